The van der Waals surface area contributed by atoms with Crippen molar-refractivity contribution in [2.24, 2.45) is 5.73 Å². The van der Waals surface area contributed by atoms with E-state index in [2.05, 4.69) is 6.92 Å². The first-order valence-corrected chi connectivity index (χ1v) is 12.2. The predicted octanol–water partition coefficient (Wildman–Crippen LogP) is 4.02. The summed E-state index contributed by atoms with van der Waals surface area (Å²) in [6.45, 7) is 9.85. The first-order valence-electron chi connectivity index (χ1n) is 11.2. The lowest BCUT2D eigenvalue weighted by molar-refractivity contribution is 0.0166. The third kappa shape index (κ3) is 5.48. The molecule has 0 aromatic heterocycles. The Morgan fingerprint density at radius 3 is 2.52 bits per heavy atom. The minimum Gasteiger partial charge on any atom is -0.507 e. The predicted molar refractivity (Wildman–Crippen MR) is 133 cm³/mol. The molecular formula is C26H35NO5S. The van der Waals surface area contributed by atoms with Crippen molar-refractivity contribution < 1.29 is 24.5 Å². The zero-order valence-corrected chi connectivity index (χ0v) is 20.9. The average molecular weight is 474 g/mol. The number of rotatable bonds is 9. The van der Waals surface area contributed by atoms with Crippen molar-refractivity contribution in [3.8, 4) is 17.2 Å². The van der Waals surface area contributed by atoms with Crippen molar-refractivity contribution >= 4 is 17.4 Å². The van der Waals surface area contributed by atoms with E-state index in [0.29, 0.717) is 18.8 Å². The molecule has 1 aliphatic rings. The Bertz CT molecular complexity index is 1000. The van der Waals surface area contributed by atoms with E-state index in [-0.39, 0.29) is 11.9 Å². The van der Waals surface area contributed by atoms with Crippen LogP contribution in [-0.2, 0) is 17.6 Å². The molecule has 3 atom stereocenters. The second-order valence-corrected chi connectivity index (χ2v) is 10.6. The highest BCUT2D eigenvalue weighted by Gasteiger charge is 2.35. The molecule has 0 radical (unpaired) electrons. The Morgan fingerprint density at radius 2 is 1.91 bits per heavy atom. The summed E-state index contributed by atoms with van der Waals surface area (Å²) < 4.78 is 12.5. The van der Waals surface area contributed by atoms with Gasteiger partial charge >= 0.3 is 0 Å². The SMILES string of the molecule is Cc1c(C)c2c(c(C)c1O)CCC(C)(COc1ccc(CC(SC=O)C(C)(N)CO)cc1)O2. The molecule has 7 heteroatoms. The van der Waals surface area contributed by atoms with Crippen LogP contribution in [0, 0.1) is 20.8 Å². The van der Waals surface area contributed by atoms with Gasteiger partial charge in [0.25, 0.3) is 0 Å². The number of aromatic hydroxyl groups is 1. The number of benzene rings is 2. The van der Waals surface area contributed by atoms with Crippen LogP contribution in [0.2, 0.25) is 0 Å². The number of nitrogens with two attached hydrogens (primary N) is 1. The van der Waals surface area contributed by atoms with Gasteiger partial charge in [-0.15, -0.1) is 0 Å². The number of hydrogen-bond acceptors (Lipinski definition) is 7. The van der Waals surface area contributed by atoms with Crippen LogP contribution < -0.4 is 15.2 Å². The van der Waals surface area contributed by atoms with Gasteiger partial charge in [0, 0.05) is 16.4 Å². The Hall–Kier alpha value is -2.22. The van der Waals surface area contributed by atoms with Crippen molar-refractivity contribution in [1.29, 1.82) is 0 Å². The van der Waals surface area contributed by atoms with Crippen LogP contribution in [-0.4, -0.2) is 45.4 Å². The molecule has 3 unspecified atom stereocenters. The molecule has 6 nitrogen and oxygen atoms in total. The van der Waals surface area contributed by atoms with Crippen LogP contribution in [0.5, 0.6) is 17.2 Å². The van der Waals surface area contributed by atoms with E-state index >= 15 is 0 Å². The molecule has 33 heavy (non-hydrogen) atoms. The number of carbonyl (C=O) groups is 1. The van der Waals surface area contributed by atoms with Crippen LogP contribution in [0.25, 0.3) is 0 Å². The van der Waals surface area contributed by atoms with Crippen LogP contribution in [0.4, 0.5) is 0 Å². The lowest BCUT2D eigenvalue weighted by atomic mass is 9.87. The van der Waals surface area contributed by atoms with Crippen LogP contribution in [0.15, 0.2) is 24.3 Å². The van der Waals surface area contributed by atoms with Gasteiger partial charge in [-0.1, -0.05) is 23.9 Å². The normalized spacial score (nSPS) is 20.3. The highest BCUT2D eigenvalue weighted by Crippen LogP contribution is 2.43. The summed E-state index contributed by atoms with van der Waals surface area (Å²) in [7, 11) is 0. The van der Waals surface area contributed by atoms with E-state index in [1.54, 1.807) is 6.92 Å². The monoisotopic (exact) mass is 473 g/mol. The van der Waals surface area contributed by atoms with Crippen LogP contribution in [0.1, 0.15) is 48.1 Å². The minimum absolute atomic E-state index is 0.195. The fourth-order valence-corrected chi connectivity index (χ4v) is 4.98. The van der Waals surface area contributed by atoms with E-state index < -0.39 is 11.1 Å². The van der Waals surface area contributed by atoms with E-state index in [1.165, 1.54) is 0 Å². The summed E-state index contributed by atoms with van der Waals surface area (Å²) in [6.07, 6.45) is 2.19. The first kappa shape index (κ1) is 25.4. The quantitative estimate of drug-likeness (QED) is 0.473. The summed E-state index contributed by atoms with van der Waals surface area (Å²) in [5.41, 5.74) is 10.4. The summed E-state index contributed by atoms with van der Waals surface area (Å²) in [5, 5.41) is 19.7. The number of aliphatic hydroxyl groups is 1. The summed E-state index contributed by atoms with van der Waals surface area (Å²) in [4.78, 5) is 11.0. The molecule has 0 fully saturated rings. The number of fused-ring (bicyclic) bond motifs is 1. The summed E-state index contributed by atoms with van der Waals surface area (Å²) in [5.74, 6) is 1.96. The van der Waals surface area contributed by atoms with Crippen LogP contribution >= 0.6 is 11.8 Å². The van der Waals surface area contributed by atoms with Crippen molar-refractivity contribution in [3.05, 3.63) is 52.1 Å². The van der Waals surface area contributed by atoms with Crippen molar-refractivity contribution in [2.45, 2.75) is 70.3 Å². The molecule has 0 amide bonds. The van der Waals surface area contributed by atoms with E-state index in [4.69, 9.17) is 15.2 Å². The molecular weight excluding hydrogens is 438 g/mol. The highest BCUT2D eigenvalue weighted by atomic mass is 32.2. The molecule has 180 valence electrons. The summed E-state index contributed by atoms with van der Waals surface area (Å²) in [6, 6.07) is 7.73. The smallest absolute Gasteiger partial charge is 0.176 e. The maximum Gasteiger partial charge on any atom is 0.176 e. The van der Waals surface area contributed by atoms with Gasteiger partial charge in [0.05, 0.1) is 6.61 Å². The number of aliphatic hydroxyl groups excluding tert-OH is 1. The van der Waals surface area contributed by atoms with Crippen LogP contribution in [0.3, 0.4) is 0 Å². The zero-order valence-electron chi connectivity index (χ0n) is 20.1. The van der Waals surface area contributed by atoms with E-state index in [0.717, 1.165) is 69.5 Å². The van der Waals surface area contributed by atoms with Gasteiger partial charge in [0.1, 0.15) is 29.5 Å². The molecule has 1 aliphatic heterocycles. The number of phenols is 1. The third-order valence-electron chi connectivity index (χ3n) is 6.78. The number of ether oxygens (including phenoxy) is 2. The molecule has 2 aromatic rings. The fourth-order valence-electron chi connectivity index (χ4n) is 4.17. The number of phenolic OH excluding ortho intramolecular Hbond substituents is 1. The Labute approximate surface area is 200 Å². The molecule has 0 bridgehead atoms. The second-order valence-electron chi connectivity index (χ2n) is 9.60. The van der Waals surface area contributed by atoms with Crippen molar-refractivity contribution in [1.82, 2.24) is 0 Å². The lowest BCUT2D eigenvalue weighted by Gasteiger charge is -2.37. The number of thioether (sulfide) groups is 1. The molecule has 3 rings (SSSR count). The van der Waals surface area contributed by atoms with Crippen molar-refractivity contribution in [3.63, 3.8) is 0 Å². The van der Waals surface area contributed by atoms with Gasteiger partial charge in [-0.05, 0) is 88.3 Å². The number of hydrogen-bond donors (Lipinski definition) is 3. The van der Waals surface area contributed by atoms with Gasteiger partial charge in [-0.25, -0.2) is 0 Å². The molecule has 4 N–H and O–H groups in total. The fraction of sp³-hybridized carbons (Fsp3) is 0.500. The Kier molecular flexibility index (Phi) is 7.66. The molecule has 0 saturated heterocycles. The van der Waals surface area contributed by atoms with Crippen molar-refractivity contribution in [2.75, 3.05) is 13.2 Å². The summed E-state index contributed by atoms with van der Waals surface area (Å²) >= 11 is 1.10. The highest BCUT2D eigenvalue weighted by molar-refractivity contribution is 8.12. The lowest BCUT2D eigenvalue weighted by Crippen LogP contribution is -2.50. The largest absolute Gasteiger partial charge is 0.507 e. The first-order chi connectivity index (χ1) is 15.5. The molecule has 0 aliphatic carbocycles. The minimum atomic E-state index is -0.852. The number of carbonyl (C=O) groups excluding carboxylic acids is 1. The second kappa shape index (κ2) is 9.95. The molecule has 2 aromatic carbocycles. The van der Waals surface area contributed by atoms with Gasteiger partial charge in [-0.3, -0.25) is 4.79 Å². The van der Waals surface area contributed by atoms with E-state index in [9.17, 15) is 15.0 Å². The zero-order chi connectivity index (χ0) is 24.4. The third-order valence-corrected chi connectivity index (χ3v) is 7.92. The standard InChI is InChI=1S/C26H35NO5S/c1-16-17(2)24-21(18(3)23(16)30)10-11-25(4,32-24)14-31-20-8-6-19(7-9-20)12-22(33-15-29)26(5,27)13-28/h6-9,15,22,28,30H,10-14,27H2,1-5H3. The Morgan fingerprint density at radius 1 is 1.24 bits per heavy atom. The van der Waals surface area contributed by atoms with Gasteiger partial charge in [0.2, 0.25) is 0 Å². The van der Waals surface area contributed by atoms with E-state index in [1.807, 2.05) is 45.0 Å². The molecule has 0 saturated carbocycles. The van der Waals surface area contributed by atoms with Gasteiger partial charge < -0.3 is 25.4 Å². The van der Waals surface area contributed by atoms with Gasteiger partial charge in [-0.2, -0.15) is 0 Å². The maximum absolute atomic E-state index is 11.0. The average Bonchev–Trinajstić information content (AvgIpc) is 2.80. The Balaban J connectivity index is 1.67. The topological polar surface area (TPSA) is 102 Å². The molecule has 1 heterocycles. The molecule has 0 spiro atoms. The van der Waals surface area contributed by atoms with Gasteiger partial charge in [0.15, 0.2) is 5.62 Å². The maximum atomic E-state index is 11.0.